The molecule has 0 aromatic carbocycles. The third-order valence-electron chi connectivity index (χ3n) is 3.23. The minimum Gasteiger partial charge on any atom is -0.345 e. The van der Waals surface area contributed by atoms with Crippen molar-refractivity contribution in [3.8, 4) is 0 Å². The largest absolute Gasteiger partial charge is 0.345 e. The molecule has 2 rings (SSSR count). The monoisotopic (exact) mass is 279 g/mol. The van der Waals surface area contributed by atoms with Crippen LogP contribution >= 0.6 is 0 Å². The molecule has 20 heavy (non-hydrogen) atoms. The van der Waals surface area contributed by atoms with E-state index in [0.717, 1.165) is 6.20 Å². The van der Waals surface area contributed by atoms with Gasteiger partial charge in [0.1, 0.15) is 11.9 Å². The molecule has 1 aliphatic rings. The van der Waals surface area contributed by atoms with Crippen LogP contribution in [0.15, 0.2) is 18.5 Å². The second kappa shape index (κ2) is 5.19. The molecule has 2 heterocycles. The van der Waals surface area contributed by atoms with Crippen molar-refractivity contribution in [2.75, 3.05) is 6.54 Å². The Morgan fingerprint density at radius 2 is 2.10 bits per heavy atom. The first-order valence-corrected chi connectivity index (χ1v) is 6.45. The van der Waals surface area contributed by atoms with Crippen LogP contribution < -0.4 is 5.32 Å². The lowest BCUT2D eigenvalue weighted by atomic mass is 9.83. The number of nitrogens with one attached hydrogen (secondary N) is 1. The SMILES string of the molecule is CC(C)(C)C1C(=O)NCC(=O)N1Cc1cncc(F)c1. The molecule has 2 amide bonds. The van der Waals surface area contributed by atoms with E-state index in [-0.39, 0.29) is 24.9 Å². The number of carbonyl (C=O) groups is 2. The highest BCUT2D eigenvalue weighted by Crippen LogP contribution is 2.27. The molecule has 6 heteroatoms. The van der Waals surface area contributed by atoms with E-state index in [4.69, 9.17) is 0 Å². The first kappa shape index (κ1) is 14.4. The zero-order valence-electron chi connectivity index (χ0n) is 11.8. The summed E-state index contributed by atoms with van der Waals surface area (Å²) < 4.78 is 13.2. The van der Waals surface area contributed by atoms with Crippen molar-refractivity contribution in [1.82, 2.24) is 15.2 Å². The van der Waals surface area contributed by atoms with Gasteiger partial charge in [0, 0.05) is 12.7 Å². The summed E-state index contributed by atoms with van der Waals surface area (Å²) in [5.74, 6) is -0.807. The van der Waals surface area contributed by atoms with Crippen LogP contribution in [0.2, 0.25) is 0 Å². The zero-order valence-corrected chi connectivity index (χ0v) is 11.8. The van der Waals surface area contributed by atoms with Gasteiger partial charge >= 0.3 is 0 Å². The van der Waals surface area contributed by atoms with Crippen LogP contribution in [0.25, 0.3) is 0 Å². The second-order valence-electron chi connectivity index (χ2n) is 6.02. The smallest absolute Gasteiger partial charge is 0.243 e. The molecular weight excluding hydrogens is 261 g/mol. The molecule has 0 spiro atoms. The van der Waals surface area contributed by atoms with Gasteiger partial charge in [-0.05, 0) is 17.0 Å². The van der Waals surface area contributed by atoms with E-state index in [1.165, 1.54) is 17.2 Å². The molecule has 1 saturated heterocycles. The number of aromatic nitrogens is 1. The molecule has 0 saturated carbocycles. The van der Waals surface area contributed by atoms with Crippen molar-refractivity contribution in [1.29, 1.82) is 0 Å². The highest BCUT2D eigenvalue weighted by molar-refractivity contribution is 5.95. The van der Waals surface area contributed by atoms with Gasteiger partial charge in [-0.1, -0.05) is 20.8 Å². The first-order chi connectivity index (χ1) is 9.29. The number of amides is 2. The van der Waals surface area contributed by atoms with Crippen LogP contribution in [-0.2, 0) is 16.1 Å². The number of halogens is 1. The molecule has 0 bridgehead atoms. The maximum absolute atomic E-state index is 13.2. The molecule has 1 aliphatic heterocycles. The van der Waals surface area contributed by atoms with Gasteiger partial charge in [0.15, 0.2) is 0 Å². The van der Waals surface area contributed by atoms with E-state index in [9.17, 15) is 14.0 Å². The Labute approximate surface area is 117 Å². The van der Waals surface area contributed by atoms with Gasteiger partial charge in [-0.3, -0.25) is 14.6 Å². The molecule has 0 aliphatic carbocycles. The maximum Gasteiger partial charge on any atom is 0.243 e. The Kier molecular flexibility index (Phi) is 3.74. The summed E-state index contributed by atoms with van der Waals surface area (Å²) in [6.45, 7) is 5.85. The van der Waals surface area contributed by atoms with Gasteiger partial charge in [0.05, 0.1) is 12.7 Å². The molecule has 1 aromatic rings. The van der Waals surface area contributed by atoms with Crippen molar-refractivity contribution < 1.29 is 14.0 Å². The van der Waals surface area contributed by atoms with Crippen molar-refractivity contribution in [3.63, 3.8) is 0 Å². The normalized spacial score (nSPS) is 20.0. The van der Waals surface area contributed by atoms with E-state index >= 15 is 0 Å². The Hall–Kier alpha value is -1.98. The predicted molar refractivity (Wildman–Crippen MR) is 71.0 cm³/mol. The average Bonchev–Trinajstić information content (AvgIpc) is 2.32. The lowest BCUT2D eigenvalue weighted by Crippen LogP contribution is -2.62. The van der Waals surface area contributed by atoms with Gasteiger partial charge in [-0.25, -0.2) is 4.39 Å². The Bertz CT molecular complexity index is 539. The van der Waals surface area contributed by atoms with Crippen molar-refractivity contribution >= 4 is 11.8 Å². The number of pyridine rings is 1. The maximum atomic E-state index is 13.2. The van der Waals surface area contributed by atoms with Crippen LogP contribution in [0.5, 0.6) is 0 Å². The lowest BCUT2D eigenvalue weighted by molar-refractivity contribution is -0.150. The van der Waals surface area contributed by atoms with Gasteiger partial charge in [0.25, 0.3) is 0 Å². The summed E-state index contributed by atoms with van der Waals surface area (Å²) in [7, 11) is 0. The number of hydrogen-bond acceptors (Lipinski definition) is 3. The molecule has 1 fully saturated rings. The van der Waals surface area contributed by atoms with Crippen molar-refractivity contribution in [2.45, 2.75) is 33.4 Å². The predicted octanol–water partition coefficient (Wildman–Crippen LogP) is 1.09. The van der Waals surface area contributed by atoms with Gasteiger partial charge in [-0.2, -0.15) is 0 Å². The molecule has 1 atom stereocenters. The van der Waals surface area contributed by atoms with E-state index in [0.29, 0.717) is 5.56 Å². The molecule has 1 N–H and O–H groups in total. The fraction of sp³-hybridized carbons (Fsp3) is 0.500. The third-order valence-corrected chi connectivity index (χ3v) is 3.23. The third kappa shape index (κ3) is 2.95. The summed E-state index contributed by atoms with van der Waals surface area (Å²) in [6, 6.07) is 0.749. The number of hydrogen-bond donors (Lipinski definition) is 1. The summed E-state index contributed by atoms with van der Waals surface area (Å²) in [5, 5.41) is 2.60. The number of rotatable bonds is 2. The van der Waals surface area contributed by atoms with E-state index in [2.05, 4.69) is 10.3 Å². The standard InChI is InChI=1S/C14H18FN3O2/c1-14(2,3)12-13(20)17-7-11(19)18(12)8-9-4-10(15)6-16-5-9/h4-6,12H,7-8H2,1-3H3,(H,17,20). The fourth-order valence-corrected chi connectivity index (χ4v) is 2.43. The zero-order chi connectivity index (χ0) is 14.9. The number of carbonyl (C=O) groups excluding carboxylic acids is 2. The van der Waals surface area contributed by atoms with E-state index in [1.807, 2.05) is 20.8 Å². The van der Waals surface area contributed by atoms with Crippen LogP contribution in [0.1, 0.15) is 26.3 Å². The van der Waals surface area contributed by atoms with Crippen LogP contribution in [-0.4, -0.2) is 34.3 Å². The Morgan fingerprint density at radius 1 is 1.40 bits per heavy atom. The van der Waals surface area contributed by atoms with Crippen LogP contribution in [0.4, 0.5) is 4.39 Å². The highest BCUT2D eigenvalue weighted by atomic mass is 19.1. The summed E-state index contributed by atoms with van der Waals surface area (Å²) in [5.41, 5.74) is 0.170. The van der Waals surface area contributed by atoms with Gasteiger partial charge in [0.2, 0.25) is 11.8 Å². The number of nitrogens with zero attached hydrogens (tertiary/aromatic N) is 2. The molecule has 0 radical (unpaired) electrons. The second-order valence-corrected chi connectivity index (χ2v) is 6.02. The van der Waals surface area contributed by atoms with E-state index < -0.39 is 17.3 Å². The summed E-state index contributed by atoms with van der Waals surface area (Å²) >= 11 is 0. The molecule has 108 valence electrons. The minimum absolute atomic E-state index is 0.0197. The van der Waals surface area contributed by atoms with Crippen LogP contribution in [0, 0.1) is 11.2 Å². The molecular formula is C14H18FN3O2. The average molecular weight is 279 g/mol. The fourth-order valence-electron chi connectivity index (χ4n) is 2.43. The topological polar surface area (TPSA) is 62.3 Å². The highest BCUT2D eigenvalue weighted by Gasteiger charge is 2.41. The van der Waals surface area contributed by atoms with E-state index in [1.54, 1.807) is 0 Å². The Morgan fingerprint density at radius 3 is 2.70 bits per heavy atom. The lowest BCUT2D eigenvalue weighted by Gasteiger charge is -2.42. The van der Waals surface area contributed by atoms with Gasteiger partial charge < -0.3 is 10.2 Å². The summed E-state index contributed by atoms with van der Waals surface area (Å²) in [4.78, 5) is 29.4. The molecule has 1 aromatic heterocycles. The minimum atomic E-state index is -0.577. The molecule has 5 nitrogen and oxygen atoms in total. The van der Waals surface area contributed by atoms with Crippen molar-refractivity contribution in [2.24, 2.45) is 5.41 Å². The first-order valence-electron chi connectivity index (χ1n) is 6.45. The van der Waals surface area contributed by atoms with Crippen LogP contribution in [0.3, 0.4) is 0 Å². The summed E-state index contributed by atoms with van der Waals surface area (Å²) in [6.07, 6.45) is 2.61. The molecule has 1 unspecified atom stereocenters. The quantitative estimate of drug-likeness (QED) is 0.881. The Balaban J connectivity index is 2.29. The van der Waals surface area contributed by atoms with Crippen molar-refractivity contribution in [3.05, 3.63) is 29.8 Å². The van der Waals surface area contributed by atoms with Gasteiger partial charge in [-0.15, -0.1) is 0 Å². The number of piperazine rings is 1.